The number of fused-ring (bicyclic) bond motifs is 2. The number of carboxylic acids is 3. The van der Waals surface area contributed by atoms with Gasteiger partial charge in [-0.3, -0.25) is 19.6 Å². The molecule has 6 aliphatic rings. The van der Waals surface area contributed by atoms with Crippen LogP contribution in [0.4, 0.5) is 15.7 Å². The second-order valence-corrected chi connectivity index (χ2v) is 25.5. The molecule has 3 unspecified atom stereocenters. The van der Waals surface area contributed by atoms with Crippen molar-refractivity contribution in [1.82, 2.24) is 24.6 Å². The molecule has 25 nitrogen and oxygen atoms in total. The van der Waals surface area contributed by atoms with Crippen molar-refractivity contribution in [2.45, 2.75) is 104 Å². The smallest absolute Gasteiger partial charge is 0.410 e. The van der Waals surface area contributed by atoms with Crippen LogP contribution in [0, 0.1) is 23.2 Å². The lowest BCUT2D eigenvalue weighted by Crippen LogP contribution is -2.64. The highest BCUT2D eigenvalue weighted by molar-refractivity contribution is 7.22. The number of nitrogens with one attached hydrogen (secondary N) is 1. The van der Waals surface area contributed by atoms with Gasteiger partial charge in [0.2, 0.25) is 17.3 Å². The fourth-order valence-electron chi connectivity index (χ4n) is 14.7. The van der Waals surface area contributed by atoms with Gasteiger partial charge >= 0.3 is 30.3 Å². The number of amides is 2. The number of carbonyl (C=O) groups is 5. The van der Waals surface area contributed by atoms with Gasteiger partial charge in [0.25, 0.3) is 11.7 Å². The fourth-order valence-corrected chi connectivity index (χ4v) is 15.6. The van der Waals surface area contributed by atoms with Crippen molar-refractivity contribution in [1.29, 1.82) is 0 Å². The molecule has 0 saturated heterocycles. The van der Waals surface area contributed by atoms with Gasteiger partial charge in [-0.15, -0.1) is 0 Å². The van der Waals surface area contributed by atoms with Gasteiger partial charge in [0, 0.05) is 73.3 Å². The van der Waals surface area contributed by atoms with E-state index in [-0.39, 0.29) is 77.8 Å². The predicted molar refractivity (Wildman–Crippen MR) is 322 cm³/mol. The third-order valence-corrected chi connectivity index (χ3v) is 18.3. The van der Waals surface area contributed by atoms with Gasteiger partial charge in [-0.2, -0.15) is 5.10 Å². The number of carboxylic acid groups (broad SMARTS) is 3. The first-order chi connectivity index (χ1) is 42.5. The normalized spacial score (nSPS) is 22.6. The van der Waals surface area contributed by atoms with E-state index < -0.39 is 72.0 Å². The first-order valence-corrected chi connectivity index (χ1v) is 30.1. The maximum atomic E-state index is 14.0. The molecule has 9 N–H and O–H groups in total. The quantitative estimate of drug-likeness (QED) is 0.0248. The number of ether oxygens (including phenoxy) is 6. The Balaban J connectivity index is 0.767. The van der Waals surface area contributed by atoms with Crippen molar-refractivity contribution in [2.24, 2.45) is 22.0 Å². The van der Waals surface area contributed by atoms with E-state index in [4.69, 9.17) is 44.2 Å². The lowest BCUT2D eigenvalue weighted by Gasteiger charge is -2.69. The van der Waals surface area contributed by atoms with Crippen LogP contribution in [0.2, 0.25) is 0 Å². The van der Waals surface area contributed by atoms with Gasteiger partial charge < -0.3 is 74.6 Å². The summed E-state index contributed by atoms with van der Waals surface area (Å²) in [5.74, 6) is -8.43. The molecule has 4 aliphatic carbocycles. The van der Waals surface area contributed by atoms with Crippen molar-refractivity contribution < 1.29 is 83.0 Å². The summed E-state index contributed by atoms with van der Waals surface area (Å²) in [6, 6.07) is 21.3. The van der Waals surface area contributed by atoms with Gasteiger partial charge in [-0.1, -0.05) is 49.4 Å². The third kappa shape index (κ3) is 13.1. The van der Waals surface area contributed by atoms with E-state index in [9.17, 15) is 54.6 Å². The van der Waals surface area contributed by atoms with Crippen LogP contribution in [0.1, 0.15) is 102 Å². The molecule has 12 rings (SSSR count). The number of carbonyl (C=O) groups excluding carboxylic acids is 2. The van der Waals surface area contributed by atoms with Gasteiger partial charge in [-0.05, 0) is 122 Å². The zero-order valence-corrected chi connectivity index (χ0v) is 50.2. The summed E-state index contributed by atoms with van der Waals surface area (Å²) in [4.78, 5) is 77.3. The summed E-state index contributed by atoms with van der Waals surface area (Å²) < 4.78 is 37.8. The number of aliphatic hydroxyl groups excluding tert-OH is 3. The average Bonchev–Trinajstić information content (AvgIpc) is 0.834. The fraction of sp³-hybridized carbons (Fsp3) is 0.429. The Kier molecular flexibility index (Phi) is 17.2. The largest absolute Gasteiger partial charge is 0.503 e. The molecular formula is C63H70N8O17S. The van der Waals surface area contributed by atoms with Crippen LogP contribution in [-0.2, 0) is 54.7 Å². The molecule has 5 atom stereocenters. The Hall–Kier alpha value is -8.98. The predicted octanol–water partition coefficient (Wildman–Crippen LogP) is 8.90. The molecule has 6 aromatic rings. The second-order valence-electron chi connectivity index (χ2n) is 24.4. The highest BCUT2D eigenvalue weighted by Crippen LogP contribution is 2.72. The van der Waals surface area contributed by atoms with Gasteiger partial charge in [0.05, 0.1) is 48.3 Å². The number of thiazole rings is 1. The molecule has 89 heavy (non-hydrogen) atoms. The monoisotopic (exact) mass is 1240 g/mol. The van der Waals surface area contributed by atoms with Crippen molar-refractivity contribution in [2.75, 3.05) is 62.8 Å². The summed E-state index contributed by atoms with van der Waals surface area (Å²) in [6.07, 6.45) is 4.05. The zero-order valence-electron chi connectivity index (χ0n) is 49.4. The summed E-state index contributed by atoms with van der Waals surface area (Å²) in [6.45, 7) is 8.10. The molecule has 4 bridgehead atoms. The van der Waals surface area contributed by atoms with E-state index in [0.717, 1.165) is 59.1 Å². The maximum absolute atomic E-state index is 14.0. The van der Waals surface area contributed by atoms with E-state index in [1.807, 2.05) is 59.0 Å². The minimum Gasteiger partial charge on any atom is -0.503 e. The first-order valence-electron chi connectivity index (χ1n) is 29.3. The molecule has 2 amide bonds. The summed E-state index contributed by atoms with van der Waals surface area (Å²) in [5, 5.41) is 69.5. The molecule has 4 fully saturated rings. The number of benzene rings is 3. The lowest BCUT2D eigenvalue weighted by molar-refractivity contribution is -0.248. The van der Waals surface area contributed by atoms with Crippen molar-refractivity contribution in [3.05, 3.63) is 136 Å². The number of nitrogens with two attached hydrogens (primary N) is 1. The van der Waals surface area contributed by atoms with E-state index in [1.54, 1.807) is 18.3 Å². The number of pyridine rings is 1. The Labute approximate surface area is 514 Å². The highest BCUT2D eigenvalue weighted by atomic mass is 32.1. The van der Waals surface area contributed by atoms with Crippen LogP contribution in [0.3, 0.4) is 0 Å². The Morgan fingerprint density at radius 3 is 2.37 bits per heavy atom. The van der Waals surface area contributed by atoms with Crippen LogP contribution in [0.15, 0.2) is 102 Å². The number of hydrogen-bond acceptors (Lipinski definition) is 20. The standard InChI is InChI=1S/C63H70N8O17S/c1-36-42(40-13-14-47(67-49(40)55(78)79)70-18-15-37-7-6-8-41(43(37)27-70)54(77)68-58-66-44-9-4-5-10-46(44)89-58)26-65-71(36)35-62-30-60(2)29-61(3,31-62)33-63(32-60,34-62)86-22-20-69(19-16-48(72)73)59(82)85-28-38-11-12-39(84-24-23-83-21-17-64)25-45(38)87-57-52(76)50(74)51(75)53(88-57)56(80)81/h4-14,25-26,57,74-76H,15-24,27-35,64H2,1-3H3,(H,72,73)(H,78,79)(H,80,81)(H,66,68,77)/t57-,60-,61?,62?,63?/m0/s1. The molecule has 2 aliphatic heterocycles. The molecule has 470 valence electrons. The van der Waals surface area contributed by atoms with Crippen molar-refractivity contribution >= 4 is 62.4 Å². The first kappa shape index (κ1) is 61.7. The number of aromatic carboxylic acids is 1. The van der Waals surface area contributed by atoms with Crippen LogP contribution < -0.4 is 25.4 Å². The molecule has 0 spiro atoms. The van der Waals surface area contributed by atoms with Crippen LogP contribution >= 0.6 is 11.3 Å². The number of anilines is 2. The van der Waals surface area contributed by atoms with E-state index in [1.165, 1.54) is 34.4 Å². The van der Waals surface area contributed by atoms with E-state index >= 15 is 0 Å². The number of nitrogens with zero attached hydrogens (tertiary/aromatic N) is 6. The molecule has 5 heterocycles. The van der Waals surface area contributed by atoms with Crippen molar-refractivity contribution in [3.8, 4) is 22.6 Å². The molecule has 0 radical (unpaired) electrons. The minimum absolute atomic E-state index is 0.0340. The number of aliphatic carboxylic acids is 2. The summed E-state index contributed by atoms with van der Waals surface area (Å²) in [5.41, 5.74) is 9.45. The number of aromatic nitrogens is 4. The number of rotatable bonds is 25. The van der Waals surface area contributed by atoms with E-state index in [2.05, 4.69) is 24.1 Å². The number of aliphatic hydroxyl groups is 3. The molecular weight excluding hydrogens is 1170 g/mol. The van der Waals surface area contributed by atoms with Gasteiger partial charge in [-0.25, -0.2) is 24.4 Å². The van der Waals surface area contributed by atoms with Gasteiger partial charge in [0.15, 0.2) is 10.8 Å². The number of para-hydroxylation sites is 1. The molecule has 4 saturated carbocycles. The van der Waals surface area contributed by atoms with Crippen molar-refractivity contribution in [3.63, 3.8) is 0 Å². The Morgan fingerprint density at radius 2 is 1.63 bits per heavy atom. The highest BCUT2D eigenvalue weighted by Gasteiger charge is 2.66. The zero-order chi connectivity index (χ0) is 63.0. The summed E-state index contributed by atoms with van der Waals surface area (Å²) in [7, 11) is 0. The van der Waals surface area contributed by atoms with Crippen LogP contribution in [0.25, 0.3) is 21.3 Å². The Bertz CT molecular complexity index is 3770. The maximum Gasteiger partial charge on any atom is 0.410 e. The number of hydrogen-bond donors (Lipinski definition) is 8. The van der Waals surface area contributed by atoms with Gasteiger partial charge in [0.1, 0.15) is 30.5 Å². The second kappa shape index (κ2) is 24.9. The molecule has 3 aromatic carbocycles. The van der Waals surface area contributed by atoms with Crippen LogP contribution in [0.5, 0.6) is 11.5 Å². The minimum atomic E-state index is -1.98. The lowest BCUT2D eigenvalue weighted by atomic mass is 9.39. The molecule has 3 aromatic heterocycles. The van der Waals surface area contributed by atoms with E-state index in [0.29, 0.717) is 73.3 Å². The topological polar surface area (TPSA) is 350 Å². The average molecular weight is 1240 g/mol. The SMILES string of the molecule is Cc1c(-c2ccc(N3CCc4cccc(C(=O)Nc5nc6ccccc6s5)c4C3)nc2C(=O)O)cnn1CC12CC3(C)CC(OCCN(CCC(=O)O)C(=O)OCc4ccc(OCCOCCN)cc4O[C@H]4OC(C(=O)O)=C(O)C(O)=C4O)(C1)C[C@@](C)(C3)C2. The molecule has 26 heteroatoms. The summed E-state index contributed by atoms with van der Waals surface area (Å²) >= 11 is 1.40. The Morgan fingerprint density at radius 1 is 0.843 bits per heavy atom. The third-order valence-electron chi connectivity index (χ3n) is 17.3. The van der Waals surface area contributed by atoms with Crippen LogP contribution in [-0.4, -0.2) is 150 Å².